The summed E-state index contributed by atoms with van der Waals surface area (Å²) in [7, 11) is 1.16. The number of pyridine rings is 2. The van der Waals surface area contributed by atoms with E-state index in [2.05, 4.69) is 15.0 Å². The smallest absolute Gasteiger partial charge is 0.437 e. The van der Waals surface area contributed by atoms with Gasteiger partial charge in [0.05, 0.1) is 30.3 Å². The van der Waals surface area contributed by atoms with E-state index in [1.807, 2.05) is 6.07 Å². The van der Waals surface area contributed by atoms with Gasteiger partial charge < -0.3 is 14.8 Å². The first-order valence-corrected chi connectivity index (χ1v) is 10.2. The summed E-state index contributed by atoms with van der Waals surface area (Å²) in [5.41, 5.74) is 1.02. The van der Waals surface area contributed by atoms with Crippen LogP contribution in [0.3, 0.4) is 0 Å². The summed E-state index contributed by atoms with van der Waals surface area (Å²) in [5.74, 6) is -0.520. The Bertz CT molecular complexity index is 1390. The van der Waals surface area contributed by atoms with E-state index in [0.717, 1.165) is 7.11 Å². The second-order valence-electron chi connectivity index (χ2n) is 6.93. The third-order valence-electron chi connectivity index (χ3n) is 4.89. The number of carbonyl (C=O) groups excluding carboxylic acids is 2. The van der Waals surface area contributed by atoms with Crippen LogP contribution in [0.1, 0.15) is 15.9 Å². The molecule has 166 valence electrons. The fourth-order valence-electron chi connectivity index (χ4n) is 3.37. The number of nitrogens with one attached hydrogen (secondary N) is 1. The van der Waals surface area contributed by atoms with Gasteiger partial charge in [-0.3, -0.25) is 19.1 Å². The highest BCUT2D eigenvalue weighted by Gasteiger charge is 2.23. The molecular weight excluding hydrogens is 446 g/mol. The number of fused-ring (bicyclic) bond motifs is 1. The van der Waals surface area contributed by atoms with Crippen LogP contribution in [-0.4, -0.2) is 28.7 Å². The lowest BCUT2D eigenvalue weighted by Gasteiger charge is -2.20. The topological polar surface area (TPSA) is 99.5 Å². The van der Waals surface area contributed by atoms with Crippen molar-refractivity contribution in [3.05, 3.63) is 99.4 Å². The number of amides is 1. The first kappa shape index (κ1) is 22.0. The summed E-state index contributed by atoms with van der Waals surface area (Å²) < 4.78 is 11.7. The molecule has 0 aliphatic rings. The zero-order valence-corrected chi connectivity index (χ0v) is 18.2. The van der Waals surface area contributed by atoms with Crippen molar-refractivity contribution in [2.24, 2.45) is 0 Å². The Labute approximate surface area is 193 Å². The van der Waals surface area contributed by atoms with Crippen LogP contribution >= 0.6 is 11.6 Å². The van der Waals surface area contributed by atoms with Gasteiger partial charge in [-0.05, 0) is 42.5 Å². The molecule has 2 aromatic carbocycles. The Morgan fingerprint density at radius 1 is 1.09 bits per heavy atom. The maximum absolute atomic E-state index is 13.4. The minimum atomic E-state index is -1.01. The number of methoxy groups -OCH3 is 1. The molecular formula is C24H18ClN3O5. The number of hydrogen-bond acceptors (Lipinski definition) is 6. The fourth-order valence-corrected chi connectivity index (χ4v) is 3.54. The summed E-state index contributed by atoms with van der Waals surface area (Å²) in [6, 6.07) is 17.0. The van der Waals surface area contributed by atoms with Crippen LogP contribution in [0.5, 0.6) is 5.88 Å². The van der Waals surface area contributed by atoms with Gasteiger partial charge in [0.2, 0.25) is 5.88 Å². The number of para-hydroxylation sites is 1. The summed E-state index contributed by atoms with van der Waals surface area (Å²) in [4.78, 5) is 42.0. The van der Waals surface area contributed by atoms with Crippen molar-refractivity contribution >= 4 is 34.6 Å². The highest BCUT2D eigenvalue weighted by Crippen LogP contribution is 2.29. The molecule has 33 heavy (non-hydrogen) atoms. The maximum Gasteiger partial charge on any atom is 0.514 e. The molecule has 0 atom stereocenters. The summed E-state index contributed by atoms with van der Waals surface area (Å²) in [6.07, 6.45) is 1.94. The van der Waals surface area contributed by atoms with E-state index < -0.39 is 17.5 Å². The van der Waals surface area contributed by atoms with Gasteiger partial charge in [0, 0.05) is 28.5 Å². The van der Waals surface area contributed by atoms with Crippen molar-refractivity contribution in [2.75, 3.05) is 7.11 Å². The van der Waals surface area contributed by atoms with Gasteiger partial charge in [0.25, 0.3) is 5.91 Å². The Morgan fingerprint density at radius 3 is 2.58 bits per heavy atom. The van der Waals surface area contributed by atoms with Crippen LogP contribution in [0.4, 0.5) is 4.79 Å². The molecule has 0 spiro atoms. The van der Waals surface area contributed by atoms with Crippen LogP contribution in [-0.2, 0) is 11.3 Å². The lowest BCUT2D eigenvalue weighted by Crippen LogP contribution is -2.29. The summed E-state index contributed by atoms with van der Waals surface area (Å²) in [5, 5.41) is 3.43. The van der Waals surface area contributed by atoms with E-state index in [0.29, 0.717) is 27.2 Å². The van der Waals surface area contributed by atoms with Crippen molar-refractivity contribution in [3.63, 3.8) is 0 Å². The molecule has 0 bridgehead atoms. The van der Waals surface area contributed by atoms with E-state index >= 15 is 0 Å². The van der Waals surface area contributed by atoms with Crippen molar-refractivity contribution in [3.8, 4) is 11.6 Å². The first-order chi connectivity index (χ1) is 16.0. The van der Waals surface area contributed by atoms with Gasteiger partial charge >= 0.3 is 6.16 Å². The number of hydrogen-bond donors (Lipinski definition) is 1. The highest BCUT2D eigenvalue weighted by molar-refractivity contribution is 6.31. The SMILES string of the molecule is COC(=O)Oc1c(CNC(=O)c2cccnc2)c(=O)c2ccc(Cl)cc2n1-c1ccccc1. The molecule has 0 radical (unpaired) electrons. The largest absolute Gasteiger partial charge is 0.514 e. The van der Waals surface area contributed by atoms with E-state index in [4.69, 9.17) is 16.3 Å². The number of ether oxygens (including phenoxy) is 2. The number of rotatable bonds is 5. The molecule has 8 nitrogen and oxygen atoms in total. The lowest BCUT2D eigenvalue weighted by atomic mass is 10.1. The van der Waals surface area contributed by atoms with Crippen molar-refractivity contribution in [1.29, 1.82) is 0 Å². The molecule has 2 heterocycles. The zero-order valence-electron chi connectivity index (χ0n) is 17.4. The van der Waals surface area contributed by atoms with Crippen molar-refractivity contribution < 1.29 is 19.1 Å². The van der Waals surface area contributed by atoms with E-state index in [9.17, 15) is 14.4 Å². The average molecular weight is 464 g/mol. The van der Waals surface area contributed by atoms with E-state index in [1.54, 1.807) is 65.4 Å². The number of nitrogens with zero attached hydrogens (tertiary/aromatic N) is 2. The normalized spacial score (nSPS) is 10.6. The molecule has 1 amide bonds. The van der Waals surface area contributed by atoms with E-state index in [1.165, 1.54) is 6.20 Å². The van der Waals surface area contributed by atoms with Crippen molar-refractivity contribution in [1.82, 2.24) is 14.9 Å². The Morgan fingerprint density at radius 2 is 1.88 bits per heavy atom. The minimum absolute atomic E-state index is 0.0660. The Hall–Kier alpha value is -4.17. The second-order valence-corrected chi connectivity index (χ2v) is 7.36. The quantitative estimate of drug-likeness (QED) is 0.447. The monoisotopic (exact) mass is 463 g/mol. The van der Waals surface area contributed by atoms with Gasteiger partial charge in [0.15, 0.2) is 5.43 Å². The zero-order chi connectivity index (χ0) is 23.4. The van der Waals surface area contributed by atoms with Crippen LogP contribution in [0.15, 0.2) is 77.9 Å². The van der Waals surface area contributed by atoms with Gasteiger partial charge in [-0.1, -0.05) is 29.8 Å². The molecule has 0 saturated carbocycles. The Kier molecular flexibility index (Phi) is 6.37. The lowest BCUT2D eigenvalue weighted by molar-refractivity contribution is 0.0950. The summed E-state index contributed by atoms with van der Waals surface area (Å²) in [6.45, 7) is -0.204. The number of carbonyl (C=O) groups is 2. The third-order valence-corrected chi connectivity index (χ3v) is 5.13. The van der Waals surface area contributed by atoms with Crippen LogP contribution < -0.4 is 15.5 Å². The first-order valence-electron chi connectivity index (χ1n) is 9.86. The third kappa shape index (κ3) is 4.56. The molecule has 0 unspecified atom stereocenters. The number of aromatic nitrogens is 2. The summed E-state index contributed by atoms with van der Waals surface area (Å²) >= 11 is 6.22. The fraction of sp³-hybridized carbons (Fsp3) is 0.0833. The molecule has 4 rings (SSSR count). The molecule has 4 aromatic rings. The predicted molar refractivity (Wildman–Crippen MR) is 123 cm³/mol. The molecule has 1 N–H and O–H groups in total. The standard InChI is InChI=1S/C24H18ClN3O5/c1-32-24(31)33-23-19(14-27-22(30)15-6-5-11-26-13-15)21(29)18-10-9-16(25)12-20(18)28(23)17-7-3-2-4-8-17/h2-13H,14H2,1H3,(H,27,30). The van der Waals surface area contributed by atoms with Gasteiger partial charge in [0.1, 0.15) is 0 Å². The van der Waals surface area contributed by atoms with Gasteiger partial charge in [-0.25, -0.2) is 4.79 Å². The molecule has 0 aliphatic carbocycles. The average Bonchev–Trinajstić information content (AvgIpc) is 2.84. The Balaban J connectivity index is 1.92. The van der Waals surface area contributed by atoms with Crippen LogP contribution in [0, 0.1) is 0 Å². The molecule has 2 aromatic heterocycles. The number of benzene rings is 2. The van der Waals surface area contributed by atoms with Gasteiger partial charge in [-0.2, -0.15) is 0 Å². The van der Waals surface area contributed by atoms with E-state index in [-0.39, 0.29) is 18.0 Å². The molecule has 0 saturated heterocycles. The predicted octanol–water partition coefficient (Wildman–Crippen LogP) is 4.11. The second kappa shape index (κ2) is 9.54. The number of halogens is 1. The molecule has 9 heteroatoms. The van der Waals surface area contributed by atoms with Gasteiger partial charge in [-0.15, -0.1) is 0 Å². The van der Waals surface area contributed by atoms with Crippen LogP contribution in [0.2, 0.25) is 5.02 Å². The maximum atomic E-state index is 13.4. The van der Waals surface area contributed by atoms with Crippen molar-refractivity contribution in [2.45, 2.75) is 6.54 Å². The molecule has 0 aliphatic heterocycles. The van der Waals surface area contributed by atoms with Crippen LogP contribution in [0.25, 0.3) is 16.6 Å². The molecule has 0 fully saturated rings. The highest BCUT2D eigenvalue weighted by atomic mass is 35.5. The minimum Gasteiger partial charge on any atom is -0.437 e.